The Labute approximate surface area is 177 Å². The summed E-state index contributed by atoms with van der Waals surface area (Å²) in [6.07, 6.45) is 10.9. The van der Waals surface area contributed by atoms with E-state index in [1.54, 1.807) is 0 Å². The maximum atomic E-state index is 5.78. The molecule has 0 aromatic heterocycles. The zero-order valence-corrected chi connectivity index (χ0v) is 18.3. The average molecular weight is 389 g/mol. The standard InChI is InChI=1S/C28H36O/c1-3-5-6-22-29-28-20-14-25(15-21-28)9-8-24-12-18-27(19-13-24)26-16-10-23(7-4-2)11-17-26/h10-11,14-17,20-21,24,27H,3-7,12-13,18-19,22H2,1-2H3/t24-,27-. The third-order valence-corrected chi connectivity index (χ3v) is 6.01. The first-order chi connectivity index (χ1) is 14.3. The van der Waals surface area contributed by atoms with Crippen LogP contribution in [0.2, 0.25) is 0 Å². The minimum Gasteiger partial charge on any atom is -0.494 e. The van der Waals surface area contributed by atoms with E-state index in [1.807, 2.05) is 0 Å². The molecule has 0 bridgehead atoms. The van der Waals surface area contributed by atoms with Gasteiger partial charge < -0.3 is 4.74 Å². The van der Waals surface area contributed by atoms with Gasteiger partial charge in [-0.1, -0.05) is 69.2 Å². The second-order valence-electron chi connectivity index (χ2n) is 8.39. The summed E-state index contributed by atoms with van der Waals surface area (Å²) in [5.74, 6) is 9.12. The van der Waals surface area contributed by atoms with Crippen LogP contribution in [0.25, 0.3) is 0 Å². The minimum absolute atomic E-state index is 0.538. The Kier molecular flexibility index (Phi) is 8.69. The van der Waals surface area contributed by atoms with Crippen LogP contribution in [0.15, 0.2) is 48.5 Å². The van der Waals surface area contributed by atoms with Gasteiger partial charge in [-0.25, -0.2) is 0 Å². The molecule has 0 aliphatic heterocycles. The highest BCUT2D eigenvalue weighted by atomic mass is 16.5. The van der Waals surface area contributed by atoms with Crippen molar-refractivity contribution in [2.24, 2.45) is 5.92 Å². The lowest BCUT2D eigenvalue weighted by Gasteiger charge is -2.26. The molecule has 1 nitrogen and oxygen atoms in total. The molecule has 1 aliphatic rings. The Hall–Kier alpha value is -2.20. The Balaban J connectivity index is 1.45. The number of aryl methyl sites for hydroxylation is 1. The van der Waals surface area contributed by atoms with Crippen LogP contribution >= 0.6 is 0 Å². The van der Waals surface area contributed by atoms with E-state index in [1.165, 1.54) is 62.5 Å². The van der Waals surface area contributed by atoms with E-state index in [-0.39, 0.29) is 0 Å². The summed E-state index contributed by atoms with van der Waals surface area (Å²) in [7, 11) is 0. The fourth-order valence-corrected chi connectivity index (χ4v) is 4.18. The van der Waals surface area contributed by atoms with Gasteiger partial charge in [0.25, 0.3) is 0 Å². The van der Waals surface area contributed by atoms with E-state index in [2.05, 4.69) is 74.2 Å². The van der Waals surface area contributed by atoms with Gasteiger partial charge in [0.05, 0.1) is 6.61 Å². The summed E-state index contributed by atoms with van der Waals surface area (Å²) in [6.45, 7) is 5.26. The number of benzene rings is 2. The van der Waals surface area contributed by atoms with Crippen LogP contribution in [0.1, 0.15) is 87.8 Å². The molecule has 0 spiro atoms. The highest BCUT2D eigenvalue weighted by Crippen LogP contribution is 2.35. The molecule has 1 aliphatic carbocycles. The number of hydrogen-bond acceptors (Lipinski definition) is 1. The average Bonchev–Trinajstić information content (AvgIpc) is 2.77. The van der Waals surface area contributed by atoms with Crippen molar-refractivity contribution in [2.75, 3.05) is 6.61 Å². The van der Waals surface area contributed by atoms with E-state index in [4.69, 9.17) is 4.74 Å². The molecule has 0 N–H and O–H groups in total. The van der Waals surface area contributed by atoms with Gasteiger partial charge in [-0.05, 0) is 79.8 Å². The zero-order valence-electron chi connectivity index (χ0n) is 18.3. The quantitative estimate of drug-likeness (QED) is 0.335. The first-order valence-corrected chi connectivity index (χ1v) is 11.6. The summed E-state index contributed by atoms with van der Waals surface area (Å²) in [4.78, 5) is 0. The van der Waals surface area contributed by atoms with E-state index in [0.29, 0.717) is 11.8 Å². The van der Waals surface area contributed by atoms with Crippen molar-refractivity contribution in [1.82, 2.24) is 0 Å². The molecule has 0 radical (unpaired) electrons. The van der Waals surface area contributed by atoms with Gasteiger partial charge in [0.15, 0.2) is 0 Å². The number of rotatable bonds is 8. The molecule has 154 valence electrons. The van der Waals surface area contributed by atoms with Crippen LogP contribution in [0.5, 0.6) is 5.75 Å². The van der Waals surface area contributed by atoms with E-state index < -0.39 is 0 Å². The van der Waals surface area contributed by atoms with Crippen LogP contribution in [0.3, 0.4) is 0 Å². The monoisotopic (exact) mass is 388 g/mol. The molecule has 1 fully saturated rings. The molecular formula is C28H36O. The highest BCUT2D eigenvalue weighted by Gasteiger charge is 2.21. The summed E-state index contributed by atoms with van der Waals surface area (Å²) in [5, 5.41) is 0. The highest BCUT2D eigenvalue weighted by molar-refractivity contribution is 5.38. The normalized spacial score (nSPS) is 18.7. The number of unbranched alkanes of at least 4 members (excludes halogenated alkanes) is 2. The molecule has 0 atom stereocenters. The number of ether oxygens (including phenoxy) is 1. The lowest BCUT2D eigenvalue weighted by Crippen LogP contribution is -2.12. The molecule has 29 heavy (non-hydrogen) atoms. The lowest BCUT2D eigenvalue weighted by molar-refractivity contribution is 0.306. The third kappa shape index (κ3) is 6.97. The van der Waals surface area contributed by atoms with Crippen molar-refractivity contribution in [3.8, 4) is 17.6 Å². The van der Waals surface area contributed by atoms with Crippen molar-refractivity contribution in [2.45, 2.75) is 77.6 Å². The number of hydrogen-bond donors (Lipinski definition) is 0. The lowest BCUT2D eigenvalue weighted by atomic mass is 9.79. The largest absolute Gasteiger partial charge is 0.494 e. The maximum absolute atomic E-state index is 5.78. The Morgan fingerprint density at radius 3 is 2.21 bits per heavy atom. The molecule has 0 heterocycles. The zero-order chi connectivity index (χ0) is 20.3. The van der Waals surface area contributed by atoms with Crippen LogP contribution in [-0.2, 0) is 6.42 Å². The summed E-state index contributed by atoms with van der Waals surface area (Å²) < 4.78 is 5.78. The van der Waals surface area contributed by atoms with Gasteiger partial charge in [0.1, 0.15) is 5.75 Å². The molecule has 1 saturated carbocycles. The van der Waals surface area contributed by atoms with Gasteiger partial charge in [-0.3, -0.25) is 0 Å². The van der Waals surface area contributed by atoms with Crippen molar-refractivity contribution >= 4 is 0 Å². The molecule has 2 aromatic rings. The van der Waals surface area contributed by atoms with Gasteiger partial charge in [-0.2, -0.15) is 0 Å². The van der Waals surface area contributed by atoms with E-state index in [9.17, 15) is 0 Å². The summed E-state index contributed by atoms with van der Waals surface area (Å²) >= 11 is 0. The van der Waals surface area contributed by atoms with Gasteiger partial charge in [-0.15, -0.1) is 0 Å². The SMILES string of the molecule is CCCCCOc1ccc(C#C[C@H]2CC[C@H](c3ccc(CCC)cc3)CC2)cc1. The minimum atomic E-state index is 0.538. The first-order valence-electron chi connectivity index (χ1n) is 11.6. The van der Waals surface area contributed by atoms with Gasteiger partial charge >= 0.3 is 0 Å². The fraction of sp³-hybridized carbons (Fsp3) is 0.500. The smallest absolute Gasteiger partial charge is 0.119 e. The molecule has 3 rings (SSSR count). The van der Waals surface area contributed by atoms with Crippen molar-refractivity contribution in [1.29, 1.82) is 0 Å². The van der Waals surface area contributed by atoms with E-state index in [0.717, 1.165) is 24.3 Å². The van der Waals surface area contributed by atoms with Crippen LogP contribution in [0.4, 0.5) is 0 Å². The Morgan fingerprint density at radius 2 is 1.55 bits per heavy atom. The predicted octanol–water partition coefficient (Wildman–Crippen LogP) is 7.53. The van der Waals surface area contributed by atoms with Crippen LogP contribution < -0.4 is 4.74 Å². The summed E-state index contributed by atoms with van der Waals surface area (Å²) in [6, 6.07) is 17.6. The van der Waals surface area contributed by atoms with Crippen LogP contribution in [0, 0.1) is 17.8 Å². The molecular weight excluding hydrogens is 352 g/mol. The van der Waals surface area contributed by atoms with E-state index >= 15 is 0 Å². The Bertz CT molecular complexity index is 768. The van der Waals surface area contributed by atoms with Crippen molar-refractivity contribution in [3.63, 3.8) is 0 Å². The predicted molar refractivity (Wildman–Crippen MR) is 123 cm³/mol. The topological polar surface area (TPSA) is 9.23 Å². The first kappa shape index (κ1) is 21.5. The second-order valence-corrected chi connectivity index (χ2v) is 8.39. The summed E-state index contributed by atoms with van der Waals surface area (Å²) in [5.41, 5.74) is 4.08. The molecule has 0 amide bonds. The van der Waals surface area contributed by atoms with Crippen molar-refractivity contribution < 1.29 is 4.74 Å². The molecule has 0 unspecified atom stereocenters. The molecule has 1 heteroatoms. The van der Waals surface area contributed by atoms with Gasteiger partial charge in [0.2, 0.25) is 0 Å². The van der Waals surface area contributed by atoms with Crippen molar-refractivity contribution in [3.05, 3.63) is 65.2 Å². The van der Waals surface area contributed by atoms with Crippen LogP contribution in [-0.4, -0.2) is 6.61 Å². The fourth-order valence-electron chi connectivity index (χ4n) is 4.18. The Morgan fingerprint density at radius 1 is 0.828 bits per heavy atom. The second kappa shape index (κ2) is 11.7. The maximum Gasteiger partial charge on any atom is 0.119 e. The van der Waals surface area contributed by atoms with Gasteiger partial charge in [0, 0.05) is 11.5 Å². The third-order valence-electron chi connectivity index (χ3n) is 6.01. The molecule has 0 saturated heterocycles. The molecule has 2 aromatic carbocycles.